The second-order valence-electron chi connectivity index (χ2n) is 7.46. The summed E-state index contributed by atoms with van der Waals surface area (Å²) < 4.78 is 4.91. The lowest BCUT2D eigenvalue weighted by atomic mass is 9.98. The van der Waals surface area contributed by atoms with Gasteiger partial charge in [-0.1, -0.05) is 11.8 Å². The second-order valence-corrected chi connectivity index (χ2v) is 8.51. The molecule has 1 N–H and O–H groups in total. The molecule has 142 valence electrons. The third-order valence-electron chi connectivity index (χ3n) is 4.16. The Balaban J connectivity index is 2.31. The maximum Gasteiger partial charge on any atom is 0.350 e. The average Bonchev–Trinajstić information content (AvgIpc) is 2.91. The van der Waals surface area contributed by atoms with Gasteiger partial charge in [0, 0.05) is 18.5 Å². The van der Waals surface area contributed by atoms with Crippen molar-refractivity contribution in [1.29, 1.82) is 0 Å². The van der Waals surface area contributed by atoms with E-state index in [2.05, 4.69) is 17.2 Å². The molecule has 26 heavy (non-hydrogen) atoms. The Labute approximate surface area is 160 Å². The lowest BCUT2D eigenvalue weighted by Crippen LogP contribution is -2.41. The lowest BCUT2D eigenvalue weighted by molar-refractivity contribution is -0.131. The summed E-state index contributed by atoms with van der Waals surface area (Å²) in [6, 6.07) is 1.53. The zero-order valence-corrected chi connectivity index (χ0v) is 17.1. The molecule has 5 nitrogen and oxygen atoms in total. The van der Waals surface area contributed by atoms with Gasteiger partial charge in [-0.05, 0) is 53.0 Å². The first-order chi connectivity index (χ1) is 12.2. The van der Waals surface area contributed by atoms with Crippen LogP contribution in [0.5, 0.6) is 0 Å². The van der Waals surface area contributed by atoms with Gasteiger partial charge in [0.1, 0.15) is 10.9 Å². The maximum atomic E-state index is 12.7. The van der Waals surface area contributed by atoms with E-state index in [-0.39, 0.29) is 17.4 Å². The summed E-state index contributed by atoms with van der Waals surface area (Å²) in [5.74, 6) is 5.99. The van der Waals surface area contributed by atoms with Crippen LogP contribution in [-0.2, 0) is 9.53 Å². The number of anilines is 1. The molecule has 1 fully saturated rings. The summed E-state index contributed by atoms with van der Waals surface area (Å²) in [7, 11) is 1.36. The van der Waals surface area contributed by atoms with Crippen molar-refractivity contribution in [3.05, 3.63) is 15.8 Å². The number of ether oxygens (including phenoxy) is 1. The van der Waals surface area contributed by atoms with Crippen molar-refractivity contribution in [3.63, 3.8) is 0 Å². The molecule has 0 unspecified atom stereocenters. The van der Waals surface area contributed by atoms with Crippen LogP contribution >= 0.6 is 11.3 Å². The molecule has 1 aliphatic heterocycles. The number of nitrogens with one attached hydrogen (secondary N) is 1. The van der Waals surface area contributed by atoms with Gasteiger partial charge < -0.3 is 15.0 Å². The zero-order valence-electron chi connectivity index (χ0n) is 16.3. The van der Waals surface area contributed by atoms with Crippen LogP contribution in [0.2, 0.25) is 0 Å². The van der Waals surface area contributed by atoms with Crippen molar-refractivity contribution in [3.8, 4) is 11.8 Å². The van der Waals surface area contributed by atoms with Crippen LogP contribution in [0.3, 0.4) is 0 Å². The van der Waals surface area contributed by atoms with Crippen molar-refractivity contribution >= 4 is 28.9 Å². The number of likely N-dealkylation sites (N-methyl/N-ethyl adjacent to an activating group) is 1. The molecule has 1 amide bonds. The first-order valence-electron chi connectivity index (χ1n) is 9.05. The Morgan fingerprint density at radius 3 is 2.77 bits per heavy atom. The molecule has 0 aromatic carbocycles. The quantitative estimate of drug-likeness (QED) is 0.642. The van der Waals surface area contributed by atoms with Gasteiger partial charge in [-0.25, -0.2) is 4.79 Å². The van der Waals surface area contributed by atoms with Crippen LogP contribution in [0.15, 0.2) is 6.07 Å². The topological polar surface area (TPSA) is 58.6 Å². The highest BCUT2D eigenvalue weighted by Crippen LogP contribution is 2.30. The summed E-state index contributed by atoms with van der Waals surface area (Å²) >= 11 is 1.30. The van der Waals surface area contributed by atoms with Gasteiger partial charge in [0.25, 0.3) is 0 Å². The van der Waals surface area contributed by atoms with E-state index in [1.165, 1.54) is 18.4 Å². The van der Waals surface area contributed by atoms with Crippen LogP contribution in [-0.4, -0.2) is 43.0 Å². The summed E-state index contributed by atoms with van der Waals surface area (Å²) in [6.45, 7) is 9.60. The van der Waals surface area contributed by atoms with Crippen molar-refractivity contribution < 1.29 is 14.3 Å². The molecule has 1 aliphatic rings. The van der Waals surface area contributed by atoms with Crippen molar-refractivity contribution in [1.82, 2.24) is 4.90 Å². The fourth-order valence-corrected chi connectivity index (χ4v) is 3.69. The number of carbonyl (C=O) groups excluding carboxylic acids is 2. The fraction of sp³-hybridized carbons (Fsp3) is 0.600. The molecular formula is C20H28N2O3S. The number of nitrogens with zero attached hydrogens (tertiary/aromatic N) is 1. The normalized spacial score (nSPS) is 18.0. The second kappa shape index (κ2) is 8.59. The monoisotopic (exact) mass is 376 g/mol. The fourth-order valence-electron chi connectivity index (χ4n) is 2.79. The number of hydrogen-bond donors (Lipinski definition) is 1. The number of carbonyl (C=O) groups is 2. The van der Waals surface area contributed by atoms with Gasteiger partial charge in [-0.2, -0.15) is 0 Å². The van der Waals surface area contributed by atoms with Gasteiger partial charge in [-0.3, -0.25) is 4.79 Å². The van der Waals surface area contributed by atoms with Crippen LogP contribution in [0.4, 0.5) is 5.69 Å². The Bertz CT molecular complexity index is 722. The van der Waals surface area contributed by atoms with Gasteiger partial charge >= 0.3 is 5.97 Å². The molecular weight excluding hydrogens is 348 g/mol. The molecule has 2 heterocycles. The lowest BCUT2D eigenvalue weighted by Gasteiger charge is -2.24. The maximum absolute atomic E-state index is 12.7. The molecule has 0 spiro atoms. The molecule has 0 saturated carbocycles. The van der Waals surface area contributed by atoms with Gasteiger partial charge in [0.15, 0.2) is 0 Å². The summed E-state index contributed by atoms with van der Waals surface area (Å²) in [4.78, 5) is 28.0. The van der Waals surface area contributed by atoms with Gasteiger partial charge in [0.2, 0.25) is 5.91 Å². The third kappa shape index (κ3) is 5.25. The average molecular weight is 377 g/mol. The highest BCUT2D eigenvalue weighted by atomic mass is 32.1. The standard InChI is InChI=1S/C20H28N2O3S/c1-6-22-12-8-7-9-15(18(22)23)21-16-13-14(10-11-20(2,3)4)26-17(16)19(24)25-5/h13,15,21H,6-9,12H2,1-5H3/t15-/m1/s1. The van der Waals surface area contributed by atoms with Gasteiger partial charge in [0.05, 0.1) is 17.7 Å². The van der Waals surface area contributed by atoms with Crippen LogP contribution in [0.1, 0.15) is 61.5 Å². The number of hydrogen-bond acceptors (Lipinski definition) is 5. The van der Waals surface area contributed by atoms with E-state index in [0.717, 1.165) is 30.7 Å². The SMILES string of the molecule is CCN1CCCC[C@@H](Nc2cc(C#CC(C)(C)C)sc2C(=O)OC)C1=O. The Kier molecular flexibility index (Phi) is 6.71. The van der Waals surface area contributed by atoms with Crippen molar-refractivity contribution in [2.45, 2.75) is 53.0 Å². The molecule has 1 aromatic heterocycles. The van der Waals surface area contributed by atoms with E-state index < -0.39 is 5.97 Å². The summed E-state index contributed by atoms with van der Waals surface area (Å²) in [6.07, 6.45) is 2.75. The number of methoxy groups -OCH3 is 1. The molecule has 1 aromatic rings. The van der Waals surface area contributed by atoms with E-state index in [1.54, 1.807) is 0 Å². The predicted molar refractivity (Wildman–Crippen MR) is 106 cm³/mol. The first-order valence-corrected chi connectivity index (χ1v) is 9.87. The third-order valence-corrected chi connectivity index (χ3v) is 5.19. The van der Waals surface area contributed by atoms with Crippen molar-refractivity contribution in [2.75, 3.05) is 25.5 Å². The molecule has 2 rings (SSSR count). The minimum Gasteiger partial charge on any atom is -0.465 e. The molecule has 0 aliphatic carbocycles. The number of rotatable bonds is 4. The van der Waals surface area contributed by atoms with E-state index in [9.17, 15) is 9.59 Å². The molecule has 0 radical (unpaired) electrons. The number of likely N-dealkylation sites (tertiary alicyclic amines) is 1. The number of thiophene rings is 1. The highest BCUT2D eigenvalue weighted by Gasteiger charge is 2.28. The van der Waals surface area contributed by atoms with Crippen LogP contribution in [0.25, 0.3) is 0 Å². The van der Waals surface area contributed by atoms with E-state index in [1.807, 2.05) is 38.7 Å². The van der Waals surface area contributed by atoms with E-state index >= 15 is 0 Å². The predicted octanol–water partition coefficient (Wildman–Crippen LogP) is 3.75. The van der Waals surface area contributed by atoms with Crippen molar-refractivity contribution in [2.24, 2.45) is 5.41 Å². The molecule has 1 atom stereocenters. The first kappa shape index (κ1) is 20.3. The highest BCUT2D eigenvalue weighted by molar-refractivity contribution is 7.15. The van der Waals surface area contributed by atoms with Crippen LogP contribution in [0, 0.1) is 17.3 Å². The Morgan fingerprint density at radius 1 is 1.42 bits per heavy atom. The van der Waals surface area contributed by atoms with Crippen LogP contribution < -0.4 is 5.32 Å². The Morgan fingerprint density at radius 2 is 2.15 bits per heavy atom. The summed E-state index contributed by atoms with van der Waals surface area (Å²) in [5, 5.41) is 3.29. The minimum absolute atomic E-state index is 0.0920. The molecule has 1 saturated heterocycles. The van der Waals surface area contributed by atoms with E-state index in [4.69, 9.17) is 4.74 Å². The number of esters is 1. The smallest absolute Gasteiger partial charge is 0.350 e. The zero-order chi connectivity index (χ0) is 19.3. The molecule has 6 heteroatoms. The number of amides is 1. The largest absolute Gasteiger partial charge is 0.465 e. The van der Waals surface area contributed by atoms with E-state index in [0.29, 0.717) is 17.1 Å². The minimum atomic E-state index is -0.408. The Hall–Kier alpha value is -2.00. The van der Waals surface area contributed by atoms with Gasteiger partial charge in [-0.15, -0.1) is 11.3 Å². The summed E-state index contributed by atoms with van der Waals surface area (Å²) in [5.41, 5.74) is 0.512. The molecule has 0 bridgehead atoms.